The van der Waals surface area contributed by atoms with Gasteiger partial charge < -0.3 is 14.7 Å². The van der Waals surface area contributed by atoms with Crippen LogP contribution in [-0.2, 0) is 6.42 Å². The lowest BCUT2D eigenvalue weighted by molar-refractivity contribution is 0.444. The van der Waals surface area contributed by atoms with E-state index in [9.17, 15) is 0 Å². The van der Waals surface area contributed by atoms with Crippen molar-refractivity contribution < 1.29 is 0 Å². The second kappa shape index (κ2) is 8.37. The molecule has 4 heterocycles. The van der Waals surface area contributed by atoms with Crippen LogP contribution in [0.25, 0.3) is 0 Å². The van der Waals surface area contributed by atoms with E-state index >= 15 is 0 Å². The Morgan fingerprint density at radius 3 is 2.52 bits per heavy atom. The molecule has 0 bridgehead atoms. The molecule has 1 unspecified atom stereocenters. The number of aromatic nitrogens is 4. The molecule has 0 radical (unpaired) electrons. The number of hydrogen-bond donors (Lipinski definition) is 0. The van der Waals surface area contributed by atoms with E-state index in [0.29, 0.717) is 0 Å². The molecule has 0 N–H and O–H groups in total. The Hall–Kier alpha value is -1.96. The number of hydrogen-bond acceptors (Lipinski definition) is 8. The zero-order chi connectivity index (χ0) is 18.6. The molecule has 1 atom stereocenters. The summed E-state index contributed by atoms with van der Waals surface area (Å²) in [6.45, 7) is 10.6. The molecular formula is C19H29N7S. The minimum absolute atomic E-state index is 0.740. The lowest BCUT2D eigenvalue weighted by Gasteiger charge is -2.32. The molecule has 2 aliphatic heterocycles. The second-order valence-electron chi connectivity index (χ2n) is 7.60. The van der Waals surface area contributed by atoms with Crippen LogP contribution in [0.1, 0.15) is 38.9 Å². The molecule has 2 aromatic rings. The predicted octanol–water partition coefficient (Wildman–Crippen LogP) is 2.84. The number of aryl methyl sites for hydroxylation is 1. The first kappa shape index (κ1) is 18.4. The molecule has 27 heavy (non-hydrogen) atoms. The summed E-state index contributed by atoms with van der Waals surface area (Å²) in [6, 6.07) is 2.17. The SMILES string of the molecule is CCc1nsc(N2CCCN(c3cc(N4CCCC(C)C4)ncn3)CC2)n1. The van der Waals surface area contributed by atoms with Crippen molar-refractivity contribution in [3.63, 3.8) is 0 Å². The maximum Gasteiger partial charge on any atom is 0.205 e. The molecule has 2 fully saturated rings. The molecule has 2 saturated heterocycles. The summed E-state index contributed by atoms with van der Waals surface area (Å²) in [5.74, 6) is 3.81. The summed E-state index contributed by atoms with van der Waals surface area (Å²) >= 11 is 1.52. The second-order valence-corrected chi connectivity index (χ2v) is 8.33. The largest absolute Gasteiger partial charge is 0.356 e. The Balaban J connectivity index is 1.43. The molecule has 2 aromatic heterocycles. The van der Waals surface area contributed by atoms with Crippen LogP contribution in [-0.4, -0.2) is 58.6 Å². The van der Waals surface area contributed by atoms with Gasteiger partial charge in [-0.15, -0.1) is 0 Å². The molecule has 0 amide bonds. The van der Waals surface area contributed by atoms with Crippen molar-refractivity contribution in [1.29, 1.82) is 0 Å². The summed E-state index contributed by atoms with van der Waals surface area (Å²) in [5.41, 5.74) is 0. The molecule has 0 aromatic carbocycles. The monoisotopic (exact) mass is 387 g/mol. The van der Waals surface area contributed by atoms with Crippen LogP contribution in [0.3, 0.4) is 0 Å². The zero-order valence-corrected chi connectivity index (χ0v) is 17.2. The van der Waals surface area contributed by atoms with E-state index in [4.69, 9.17) is 0 Å². The third-order valence-corrected chi connectivity index (χ3v) is 6.30. The van der Waals surface area contributed by atoms with Crippen LogP contribution >= 0.6 is 11.5 Å². The van der Waals surface area contributed by atoms with Crippen molar-refractivity contribution in [3.05, 3.63) is 18.2 Å². The topological polar surface area (TPSA) is 61.3 Å². The molecule has 146 valence electrons. The van der Waals surface area contributed by atoms with Crippen LogP contribution in [0.15, 0.2) is 12.4 Å². The average Bonchev–Trinajstić information content (AvgIpc) is 3.05. The molecule has 4 rings (SSSR count). The summed E-state index contributed by atoms with van der Waals surface area (Å²) in [4.78, 5) is 21.0. The fourth-order valence-electron chi connectivity index (χ4n) is 3.94. The van der Waals surface area contributed by atoms with Gasteiger partial charge >= 0.3 is 0 Å². The van der Waals surface area contributed by atoms with Gasteiger partial charge in [-0.1, -0.05) is 13.8 Å². The van der Waals surface area contributed by atoms with Crippen molar-refractivity contribution in [2.24, 2.45) is 5.92 Å². The van der Waals surface area contributed by atoms with Crippen LogP contribution in [0.5, 0.6) is 0 Å². The minimum atomic E-state index is 0.740. The number of rotatable bonds is 4. The molecule has 2 aliphatic rings. The first-order valence-corrected chi connectivity index (χ1v) is 10.9. The first-order chi connectivity index (χ1) is 13.2. The molecule has 0 saturated carbocycles. The maximum atomic E-state index is 4.66. The Labute approximate surface area is 165 Å². The highest BCUT2D eigenvalue weighted by atomic mass is 32.1. The number of anilines is 3. The van der Waals surface area contributed by atoms with Gasteiger partial charge in [0.2, 0.25) is 5.13 Å². The van der Waals surface area contributed by atoms with Gasteiger partial charge in [-0.2, -0.15) is 4.37 Å². The summed E-state index contributed by atoms with van der Waals surface area (Å²) < 4.78 is 4.44. The lowest BCUT2D eigenvalue weighted by atomic mass is 10.0. The van der Waals surface area contributed by atoms with E-state index in [0.717, 1.165) is 80.6 Å². The fraction of sp³-hybridized carbons (Fsp3) is 0.684. The van der Waals surface area contributed by atoms with Crippen molar-refractivity contribution in [2.75, 3.05) is 54.0 Å². The van der Waals surface area contributed by atoms with E-state index < -0.39 is 0 Å². The Morgan fingerprint density at radius 2 is 1.74 bits per heavy atom. The molecule has 0 aliphatic carbocycles. The fourth-order valence-corrected chi connectivity index (χ4v) is 4.74. The summed E-state index contributed by atoms with van der Waals surface area (Å²) in [6.07, 6.45) is 6.30. The van der Waals surface area contributed by atoms with Gasteiger partial charge in [0.25, 0.3) is 0 Å². The van der Waals surface area contributed by atoms with Crippen LogP contribution in [0.4, 0.5) is 16.8 Å². The summed E-state index contributed by atoms with van der Waals surface area (Å²) in [5, 5.41) is 1.05. The highest BCUT2D eigenvalue weighted by Crippen LogP contribution is 2.25. The van der Waals surface area contributed by atoms with Crippen molar-refractivity contribution >= 4 is 28.3 Å². The first-order valence-electron chi connectivity index (χ1n) is 10.1. The quantitative estimate of drug-likeness (QED) is 0.799. The average molecular weight is 388 g/mol. The molecular weight excluding hydrogens is 358 g/mol. The van der Waals surface area contributed by atoms with Gasteiger partial charge in [-0.05, 0) is 25.2 Å². The van der Waals surface area contributed by atoms with Crippen molar-refractivity contribution in [2.45, 2.75) is 39.5 Å². The Bertz CT molecular complexity index is 749. The van der Waals surface area contributed by atoms with Gasteiger partial charge in [-0.25, -0.2) is 15.0 Å². The standard InChI is InChI=1S/C19H29N7S/c1-3-16-22-19(27-23-16)25-9-5-8-24(10-11-25)17-12-18(21-14-20-17)26-7-4-6-15(2)13-26/h12,14-15H,3-11,13H2,1-2H3. The smallest absolute Gasteiger partial charge is 0.205 e. The van der Waals surface area contributed by atoms with Gasteiger partial charge in [0.15, 0.2) is 0 Å². The summed E-state index contributed by atoms with van der Waals surface area (Å²) in [7, 11) is 0. The maximum absolute atomic E-state index is 4.66. The van der Waals surface area contributed by atoms with E-state index in [1.165, 1.54) is 24.4 Å². The third kappa shape index (κ3) is 4.31. The third-order valence-electron chi connectivity index (χ3n) is 5.48. The van der Waals surface area contributed by atoms with E-state index in [2.05, 4.69) is 53.9 Å². The highest BCUT2D eigenvalue weighted by Gasteiger charge is 2.21. The zero-order valence-electron chi connectivity index (χ0n) is 16.3. The molecule has 8 heteroatoms. The normalized spacial score (nSPS) is 21.4. The van der Waals surface area contributed by atoms with E-state index in [-0.39, 0.29) is 0 Å². The Kier molecular flexibility index (Phi) is 5.71. The van der Waals surface area contributed by atoms with Gasteiger partial charge in [0.05, 0.1) is 0 Å². The van der Waals surface area contributed by atoms with Gasteiger partial charge in [0, 0.05) is 63.3 Å². The minimum Gasteiger partial charge on any atom is -0.356 e. The van der Waals surface area contributed by atoms with E-state index in [1.807, 2.05) is 0 Å². The van der Waals surface area contributed by atoms with Crippen molar-refractivity contribution in [3.8, 4) is 0 Å². The molecule has 7 nitrogen and oxygen atoms in total. The van der Waals surface area contributed by atoms with E-state index in [1.54, 1.807) is 6.33 Å². The van der Waals surface area contributed by atoms with Crippen LogP contribution < -0.4 is 14.7 Å². The highest BCUT2D eigenvalue weighted by molar-refractivity contribution is 7.09. The van der Waals surface area contributed by atoms with Crippen molar-refractivity contribution in [1.82, 2.24) is 19.3 Å². The van der Waals surface area contributed by atoms with Gasteiger partial charge in [-0.3, -0.25) is 0 Å². The number of nitrogens with zero attached hydrogens (tertiary/aromatic N) is 7. The lowest BCUT2D eigenvalue weighted by Crippen LogP contribution is -2.35. The number of piperidine rings is 1. The Morgan fingerprint density at radius 1 is 1.00 bits per heavy atom. The predicted molar refractivity (Wildman–Crippen MR) is 111 cm³/mol. The molecule has 0 spiro atoms. The van der Waals surface area contributed by atoms with Crippen LogP contribution in [0, 0.1) is 5.92 Å². The van der Waals surface area contributed by atoms with Gasteiger partial charge in [0.1, 0.15) is 23.8 Å². The van der Waals surface area contributed by atoms with Crippen LogP contribution in [0.2, 0.25) is 0 Å².